The van der Waals surface area contributed by atoms with Gasteiger partial charge >= 0.3 is 0 Å². The van der Waals surface area contributed by atoms with E-state index in [-0.39, 0.29) is 11.6 Å². The van der Waals surface area contributed by atoms with E-state index >= 15 is 9.59 Å². The number of benzene rings is 10. The summed E-state index contributed by atoms with van der Waals surface area (Å²) in [7, 11) is 0. The number of ketones is 2. The highest BCUT2D eigenvalue weighted by Gasteiger charge is 2.35. The lowest BCUT2D eigenvalue weighted by molar-refractivity contribution is -0.112. The molecule has 0 bridgehead atoms. The molecule has 3 nitrogen and oxygen atoms in total. The van der Waals surface area contributed by atoms with Crippen LogP contribution < -0.4 is 4.74 Å². The van der Waals surface area contributed by atoms with Gasteiger partial charge in [-0.25, -0.2) is 0 Å². The fourth-order valence-corrected chi connectivity index (χ4v) is 10.9. The predicted molar refractivity (Wildman–Crippen MR) is 329 cm³/mol. The number of ether oxygens (including phenoxy) is 1. The Morgan fingerprint density at radius 1 is 0.247 bits per heavy atom. The number of Topliss-reactive ketones (excluding diaryl/α,β-unsaturated/α-hetero) is 2. The largest absolute Gasteiger partial charge is 0.457 e. The second kappa shape index (κ2) is 24.0. The Morgan fingerprint density at radius 3 is 0.815 bits per heavy atom. The van der Waals surface area contributed by atoms with E-state index in [0.717, 1.165) is 111 Å². The Balaban J connectivity index is 0.907. The first-order valence-electron chi connectivity index (χ1n) is 27.4. The zero-order valence-corrected chi connectivity index (χ0v) is 44.6. The lowest BCUT2D eigenvalue weighted by Crippen LogP contribution is -2.07. The summed E-state index contributed by atoms with van der Waals surface area (Å²) in [6.07, 6.45) is 1.91. The maximum atomic E-state index is 15.1. The standard InChI is InChI=1S/C78H54O3/c79-77-69(51-57-25-11-3-12-26-57)73(75(71(77)53-59-29-15-5-16-30-59)65-35-19-33-61(49-65)39-37-55-21-7-1-8-22-55)63-41-45-67(46-42-63)81-68-47-43-64(44-48-68)74-70(52-58-27-13-4-14-28-58)78(80)72(54-60-31-17-6-18-32-60)76(74)66-36-20-34-62(50-66)40-38-56-23-9-2-10-24-56/h1-36,41-50H,51-54H2. The van der Waals surface area contributed by atoms with Crippen LogP contribution in [0.1, 0.15) is 66.8 Å². The van der Waals surface area contributed by atoms with Crippen LogP contribution in [0.4, 0.5) is 0 Å². The third kappa shape index (κ3) is 11.8. The molecule has 3 heteroatoms. The monoisotopic (exact) mass is 1040 g/mol. The molecule has 81 heavy (non-hydrogen) atoms. The normalized spacial score (nSPS) is 13.0. The number of hydrogen-bond donors (Lipinski definition) is 0. The van der Waals surface area contributed by atoms with Crippen molar-refractivity contribution in [3.05, 3.63) is 368 Å². The first-order chi connectivity index (χ1) is 40.0. The van der Waals surface area contributed by atoms with Crippen molar-refractivity contribution in [1.82, 2.24) is 0 Å². The highest BCUT2D eigenvalue weighted by atomic mass is 16.5. The molecule has 0 aliphatic heterocycles. The Kier molecular flexibility index (Phi) is 15.2. The molecule has 0 amide bonds. The molecule has 0 saturated heterocycles. The van der Waals surface area contributed by atoms with E-state index in [2.05, 4.69) is 121 Å². The van der Waals surface area contributed by atoms with Crippen LogP contribution in [-0.2, 0) is 35.3 Å². The van der Waals surface area contributed by atoms with Gasteiger partial charge in [0.2, 0.25) is 0 Å². The molecule has 0 unspecified atom stereocenters. The van der Waals surface area contributed by atoms with Gasteiger partial charge in [-0.2, -0.15) is 0 Å². The van der Waals surface area contributed by atoms with Crippen molar-refractivity contribution in [3.63, 3.8) is 0 Å². The third-order valence-electron chi connectivity index (χ3n) is 14.8. The molecule has 12 rings (SSSR count). The number of hydrogen-bond acceptors (Lipinski definition) is 3. The summed E-state index contributed by atoms with van der Waals surface area (Å²) in [4.78, 5) is 30.3. The third-order valence-corrected chi connectivity index (χ3v) is 14.8. The van der Waals surface area contributed by atoms with Gasteiger partial charge in [0.15, 0.2) is 11.6 Å². The lowest BCUT2D eigenvalue weighted by atomic mass is 9.88. The van der Waals surface area contributed by atoms with E-state index in [1.807, 2.05) is 182 Å². The van der Waals surface area contributed by atoms with Gasteiger partial charge in [-0.3, -0.25) is 9.59 Å². The molecule has 0 N–H and O–H groups in total. The Morgan fingerprint density at radius 2 is 0.506 bits per heavy atom. The van der Waals surface area contributed by atoms with Crippen LogP contribution in [0.5, 0.6) is 11.5 Å². The highest BCUT2D eigenvalue weighted by molar-refractivity contribution is 6.33. The van der Waals surface area contributed by atoms with Crippen LogP contribution in [0.15, 0.2) is 301 Å². The van der Waals surface area contributed by atoms with Crippen molar-refractivity contribution >= 4 is 33.9 Å². The number of carbonyl (C=O) groups excluding carboxylic acids is 2. The number of carbonyl (C=O) groups is 2. The van der Waals surface area contributed by atoms with Crippen LogP contribution >= 0.6 is 0 Å². The molecule has 0 spiro atoms. The molecule has 0 radical (unpaired) electrons. The van der Waals surface area contributed by atoms with Crippen molar-refractivity contribution in [2.75, 3.05) is 0 Å². The molecular formula is C78H54O3. The minimum absolute atomic E-state index is 0.0505. The van der Waals surface area contributed by atoms with Gasteiger partial charge in [0.1, 0.15) is 11.5 Å². The van der Waals surface area contributed by atoms with Gasteiger partial charge in [0, 0.05) is 70.2 Å². The molecule has 0 atom stereocenters. The molecular weight excluding hydrogens is 985 g/mol. The van der Waals surface area contributed by atoms with Crippen molar-refractivity contribution in [1.29, 1.82) is 0 Å². The Hall–Kier alpha value is -10.6. The van der Waals surface area contributed by atoms with Crippen LogP contribution in [0.3, 0.4) is 0 Å². The Labute approximate surface area is 474 Å². The van der Waals surface area contributed by atoms with Gasteiger partial charge in [-0.05, 0) is 140 Å². The van der Waals surface area contributed by atoms with Crippen molar-refractivity contribution in [2.24, 2.45) is 0 Å². The van der Waals surface area contributed by atoms with Crippen LogP contribution in [0.25, 0.3) is 22.3 Å². The van der Waals surface area contributed by atoms with Crippen molar-refractivity contribution in [2.45, 2.75) is 25.7 Å². The fraction of sp³-hybridized carbons (Fsp3) is 0.0513. The summed E-state index contributed by atoms with van der Waals surface area (Å²) in [5.41, 5.74) is 18.2. The van der Waals surface area contributed by atoms with Crippen molar-refractivity contribution in [3.8, 4) is 35.2 Å². The smallest absolute Gasteiger partial charge is 0.186 e. The summed E-state index contributed by atoms with van der Waals surface area (Å²) < 4.78 is 6.66. The summed E-state index contributed by atoms with van der Waals surface area (Å²) in [6, 6.07) is 93.6. The number of rotatable bonds is 14. The van der Waals surface area contributed by atoms with Crippen LogP contribution in [0.2, 0.25) is 0 Å². The fourth-order valence-electron chi connectivity index (χ4n) is 10.9. The van der Waals surface area contributed by atoms with E-state index in [9.17, 15) is 0 Å². The predicted octanol–water partition coefficient (Wildman–Crippen LogP) is 16.8. The molecule has 10 aromatic rings. The van der Waals surface area contributed by atoms with Gasteiger partial charge in [0.05, 0.1) is 0 Å². The molecule has 384 valence electrons. The van der Waals surface area contributed by atoms with Gasteiger partial charge < -0.3 is 4.74 Å². The molecule has 0 fully saturated rings. The first-order valence-corrected chi connectivity index (χ1v) is 27.4. The summed E-state index contributed by atoms with van der Waals surface area (Å²) in [5, 5.41) is 0. The van der Waals surface area contributed by atoms with E-state index in [1.54, 1.807) is 0 Å². The molecule has 0 aromatic heterocycles. The molecule has 10 aromatic carbocycles. The summed E-state index contributed by atoms with van der Waals surface area (Å²) >= 11 is 0. The van der Waals surface area contributed by atoms with Crippen LogP contribution in [0, 0.1) is 23.7 Å². The van der Waals surface area contributed by atoms with E-state index in [1.165, 1.54) is 0 Å². The average Bonchev–Trinajstić information content (AvgIpc) is 4.15. The van der Waals surface area contributed by atoms with Crippen LogP contribution in [-0.4, -0.2) is 11.6 Å². The van der Waals surface area contributed by atoms with Gasteiger partial charge in [0.25, 0.3) is 0 Å². The quantitative estimate of drug-likeness (QED) is 0.102. The molecule has 0 heterocycles. The topological polar surface area (TPSA) is 43.4 Å². The second-order valence-electron chi connectivity index (χ2n) is 20.3. The van der Waals surface area contributed by atoms with Crippen molar-refractivity contribution < 1.29 is 14.3 Å². The molecule has 2 aliphatic rings. The second-order valence-corrected chi connectivity index (χ2v) is 20.3. The average molecular weight is 1040 g/mol. The SMILES string of the molecule is O=C1C(Cc2ccccc2)=C(c2ccc(Oc3ccc(C4=C(Cc5ccccc5)C(=O)C(Cc5ccccc5)=C4c4cccc(C#Cc5ccccc5)c4)cc3)cc2)C(c2cccc(C#Cc3ccccc3)c2)=C1Cc1ccccc1. The molecule has 0 saturated carbocycles. The highest BCUT2D eigenvalue weighted by Crippen LogP contribution is 2.47. The van der Waals surface area contributed by atoms with E-state index in [4.69, 9.17) is 4.74 Å². The minimum Gasteiger partial charge on any atom is -0.457 e. The van der Waals surface area contributed by atoms with Gasteiger partial charge in [-0.15, -0.1) is 0 Å². The first kappa shape index (κ1) is 51.2. The zero-order valence-electron chi connectivity index (χ0n) is 44.6. The maximum absolute atomic E-state index is 15.1. The lowest BCUT2D eigenvalue weighted by Gasteiger charge is -2.16. The summed E-state index contributed by atoms with van der Waals surface area (Å²) in [5.74, 6) is 14.8. The molecule has 2 aliphatic carbocycles. The van der Waals surface area contributed by atoms with E-state index < -0.39 is 0 Å². The zero-order chi connectivity index (χ0) is 54.7. The maximum Gasteiger partial charge on any atom is 0.186 e. The van der Waals surface area contributed by atoms with Gasteiger partial charge in [-0.1, -0.05) is 230 Å². The minimum atomic E-state index is 0.0505. The number of allylic oxidation sites excluding steroid dienone is 8. The Bertz CT molecular complexity index is 3930. The summed E-state index contributed by atoms with van der Waals surface area (Å²) in [6.45, 7) is 0. The van der Waals surface area contributed by atoms with E-state index in [0.29, 0.717) is 37.2 Å².